The lowest BCUT2D eigenvalue weighted by Crippen LogP contribution is -2.39. The van der Waals surface area contributed by atoms with Crippen molar-refractivity contribution in [1.82, 2.24) is 14.5 Å². The molecule has 8 heteroatoms. The molecular weight excluding hydrogens is 405 g/mol. The first-order valence-corrected chi connectivity index (χ1v) is 10.3. The van der Waals surface area contributed by atoms with Gasteiger partial charge >= 0.3 is 6.18 Å². The first kappa shape index (κ1) is 21.2. The zero-order chi connectivity index (χ0) is 22.2. The number of aromatic nitrogens is 2. The van der Waals surface area contributed by atoms with Crippen molar-refractivity contribution >= 4 is 17.1 Å². The van der Waals surface area contributed by atoms with E-state index in [1.807, 2.05) is 38.2 Å². The third-order valence-electron chi connectivity index (χ3n) is 5.93. The number of hydrogen-bond acceptors (Lipinski definition) is 3. The Morgan fingerprint density at radius 2 is 1.90 bits per heavy atom. The molecule has 0 unspecified atom stereocenters. The Bertz CT molecular complexity index is 1070. The van der Waals surface area contributed by atoms with Crippen LogP contribution in [0.1, 0.15) is 37.8 Å². The molecule has 0 radical (unpaired) electrons. The Kier molecular flexibility index (Phi) is 5.41. The van der Waals surface area contributed by atoms with E-state index in [2.05, 4.69) is 10.4 Å². The van der Waals surface area contributed by atoms with Gasteiger partial charge < -0.3 is 10.2 Å². The van der Waals surface area contributed by atoms with Crippen molar-refractivity contribution in [2.45, 2.75) is 50.9 Å². The van der Waals surface area contributed by atoms with Crippen molar-refractivity contribution in [3.8, 4) is 0 Å². The molecule has 0 atom stereocenters. The predicted octanol–water partition coefficient (Wildman–Crippen LogP) is 4.78. The molecule has 0 bridgehead atoms. The van der Waals surface area contributed by atoms with Crippen molar-refractivity contribution in [2.75, 3.05) is 11.9 Å². The van der Waals surface area contributed by atoms with Crippen LogP contribution in [0.25, 0.3) is 5.52 Å². The van der Waals surface area contributed by atoms with Crippen molar-refractivity contribution in [3.63, 3.8) is 0 Å². The Balaban J connectivity index is 1.39. The normalized spacial score (nSPS) is 15.3. The third-order valence-corrected chi connectivity index (χ3v) is 5.93. The van der Waals surface area contributed by atoms with Crippen molar-refractivity contribution in [3.05, 3.63) is 66.0 Å². The molecule has 3 aromatic rings. The zero-order valence-electron chi connectivity index (χ0n) is 17.5. The van der Waals surface area contributed by atoms with Crippen LogP contribution in [-0.2, 0) is 16.8 Å². The van der Waals surface area contributed by atoms with Crippen LogP contribution >= 0.6 is 0 Å². The zero-order valence-corrected chi connectivity index (χ0v) is 17.5. The van der Waals surface area contributed by atoms with Crippen LogP contribution in [0.15, 0.2) is 54.9 Å². The molecule has 5 nitrogen and oxygen atoms in total. The minimum Gasteiger partial charge on any atom is -0.376 e. The fraction of sp³-hybridized carbons (Fsp3) is 0.391. The second-order valence-corrected chi connectivity index (χ2v) is 8.36. The van der Waals surface area contributed by atoms with E-state index in [9.17, 15) is 18.0 Å². The SMILES string of the molecule is CC(C)N(Cc1ccn2nccc2c1)C(=O)CNc1ccc(C2(C(F)(F)F)CC2)cc1. The van der Waals surface area contributed by atoms with Gasteiger partial charge in [-0.1, -0.05) is 12.1 Å². The minimum atomic E-state index is -4.23. The van der Waals surface area contributed by atoms with E-state index in [1.165, 1.54) is 12.1 Å². The predicted molar refractivity (Wildman–Crippen MR) is 113 cm³/mol. The van der Waals surface area contributed by atoms with Gasteiger partial charge in [-0.05, 0) is 68.1 Å². The highest BCUT2D eigenvalue weighted by Gasteiger charge is 2.64. The summed E-state index contributed by atoms with van der Waals surface area (Å²) in [6.45, 7) is 4.44. The Labute approximate surface area is 178 Å². The van der Waals surface area contributed by atoms with Crippen LogP contribution in [0.2, 0.25) is 0 Å². The molecule has 1 N–H and O–H groups in total. The fourth-order valence-electron chi connectivity index (χ4n) is 3.87. The maximum absolute atomic E-state index is 13.3. The summed E-state index contributed by atoms with van der Waals surface area (Å²) >= 11 is 0. The van der Waals surface area contributed by atoms with Crippen LogP contribution in [0.5, 0.6) is 0 Å². The molecule has 0 saturated heterocycles. The van der Waals surface area contributed by atoms with Gasteiger partial charge in [-0.15, -0.1) is 0 Å². The van der Waals surface area contributed by atoms with Gasteiger partial charge in [0.1, 0.15) is 0 Å². The molecule has 1 amide bonds. The number of nitrogens with one attached hydrogen (secondary N) is 1. The highest BCUT2D eigenvalue weighted by molar-refractivity contribution is 5.81. The molecule has 2 aromatic heterocycles. The van der Waals surface area contributed by atoms with Crippen LogP contribution in [0.3, 0.4) is 0 Å². The van der Waals surface area contributed by atoms with Gasteiger partial charge in [-0.2, -0.15) is 18.3 Å². The van der Waals surface area contributed by atoms with E-state index in [0.717, 1.165) is 11.1 Å². The van der Waals surface area contributed by atoms with Gasteiger partial charge in [0.05, 0.1) is 17.5 Å². The molecule has 4 rings (SSSR count). The number of rotatable bonds is 7. The van der Waals surface area contributed by atoms with Crippen LogP contribution in [0.4, 0.5) is 18.9 Å². The quantitative estimate of drug-likeness (QED) is 0.587. The first-order chi connectivity index (χ1) is 14.7. The van der Waals surface area contributed by atoms with E-state index in [-0.39, 0.29) is 36.9 Å². The van der Waals surface area contributed by atoms with Crippen LogP contribution in [0, 0.1) is 0 Å². The average molecular weight is 430 g/mol. The summed E-state index contributed by atoms with van der Waals surface area (Å²) in [6.07, 6.45) is -0.373. The number of nitrogens with zero attached hydrogens (tertiary/aromatic N) is 3. The lowest BCUT2D eigenvalue weighted by Gasteiger charge is -2.27. The largest absolute Gasteiger partial charge is 0.398 e. The summed E-state index contributed by atoms with van der Waals surface area (Å²) in [7, 11) is 0. The standard InChI is InChI=1S/C23H25F3N4O/c1-16(2)29(15-17-8-12-30-20(13-17)7-11-28-30)21(31)14-27-19-5-3-18(4-6-19)22(9-10-22)23(24,25)26/h3-8,11-13,16,27H,9-10,14-15H2,1-2H3. The minimum absolute atomic E-state index is 0.000626. The van der Waals surface area contributed by atoms with Gasteiger partial charge in [0.15, 0.2) is 0 Å². The lowest BCUT2D eigenvalue weighted by atomic mass is 9.95. The summed E-state index contributed by atoms with van der Waals surface area (Å²) in [4.78, 5) is 14.6. The molecule has 1 fully saturated rings. The molecule has 1 aliphatic rings. The summed E-state index contributed by atoms with van der Waals surface area (Å²) < 4.78 is 41.6. The number of fused-ring (bicyclic) bond motifs is 1. The van der Waals surface area contributed by atoms with Gasteiger partial charge in [-0.3, -0.25) is 4.79 Å². The van der Waals surface area contributed by atoms with Crippen LogP contribution < -0.4 is 5.32 Å². The van der Waals surface area contributed by atoms with Gasteiger partial charge in [-0.25, -0.2) is 4.52 Å². The average Bonchev–Trinajstić information content (AvgIpc) is 3.43. The summed E-state index contributed by atoms with van der Waals surface area (Å²) in [5.74, 6) is -0.0820. The van der Waals surface area contributed by atoms with Crippen molar-refractivity contribution in [1.29, 1.82) is 0 Å². The molecule has 31 heavy (non-hydrogen) atoms. The highest BCUT2D eigenvalue weighted by Crippen LogP contribution is 2.58. The van der Waals surface area contributed by atoms with Crippen LogP contribution in [-0.4, -0.2) is 39.2 Å². The van der Waals surface area contributed by atoms with Crippen molar-refractivity contribution < 1.29 is 18.0 Å². The molecule has 0 aliphatic heterocycles. The lowest BCUT2D eigenvalue weighted by molar-refractivity contribution is -0.160. The smallest absolute Gasteiger partial charge is 0.376 e. The fourth-order valence-corrected chi connectivity index (χ4v) is 3.87. The Hall–Kier alpha value is -3.03. The Morgan fingerprint density at radius 3 is 2.52 bits per heavy atom. The molecule has 1 aromatic carbocycles. The second-order valence-electron chi connectivity index (χ2n) is 8.36. The van der Waals surface area contributed by atoms with E-state index in [1.54, 1.807) is 27.7 Å². The van der Waals surface area contributed by atoms with E-state index in [0.29, 0.717) is 12.2 Å². The third kappa shape index (κ3) is 4.24. The second kappa shape index (κ2) is 7.90. The molecule has 164 valence electrons. The number of pyridine rings is 1. The number of alkyl halides is 3. The first-order valence-electron chi connectivity index (χ1n) is 10.3. The van der Waals surface area contributed by atoms with Crippen molar-refractivity contribution in [2.24, 2.45) is 0 Å². The number of anilines is 1. The number of benzene rings is 1. The van der Waals surface area contributed by atoms with Gasteiger partial charge in [0, 0.05) is 30.7 Å². The van der Waals surface area contributed by atoms with E-state index in [4.69, 9.17) is 0 Å². The molecule has 1 aliphatic carbocycles. The van der Waals surface area contributed by atoms with Gasteiger partial charge in [0.2, 0.25) is 5.91 Å². The number of amides is 1. The van der Waals surface area contributed by atoms with Gasteiger partial charge in [0.25, 0.3) is 0 Å². The maximum atomic E-state index is 13.3. The Morgan fingerprint density at radius 1 is 1.19 bits per heavy atom. The summed E-state index contributed by atoms with van der Waals surface area (Å²) in [5.41, 5.74) is 1.18. The number of halogens is 3. The molecule has 0 spiro atoms. The maximum Gasteiger partial charge on any atom is 0.398 e. The summed E-state index contributed by atoms with van der Waals surface area (Å²) in [5, 5.41) is 7.22. The topological polar surface area (TPSA) is 49.6 Å². The summed E-state index contributed by atoms with van der Waals surface area (Å²) in [6, 6.07) is 12.1. The number of hydrogen-bond donors (Lipinski definition) is 1. The molecular formula is C23H25F3N4O. The monoisotopic (exact) mass is 430 g/mol. The van der Waals surface area contributed by atoms with E-state index < -0.39 is 11.6 Å². The van der Waals surface area contributed by atoms with E-state index >= 15 is 0 Å². The number of carbonyl (C=O) groups excluding carboxylic acids is 1. The molecule has 2 heterocycles. The number of carbonyl (C=O) groups is 1. The molecule has 1 saturated carbocycles. The highest BCUT2D eigenvalue weighted by atomic mass is 19.4.